The number of rotatable bonds is 5. The van der Waals surface area contributed by atoms with Crippen LogP contribution in [0.4, 0.5) is 0 Å². The predicted molar refractivity (Wildman–Crippen MR) is 93.9 cm³/mol. The van der Waals surface area contributed by atoms with Gasteiger partial charge in [-0.2, -0.15) is 12.1 Å². The van der Waals surface area contributed by atoms with E-state index in [9.17, 15) is 0 Å². The van der Waals surface area contributed by atoms with Gasteiger partial charge in [0.1, 0.15) is 0 Å². The molecule has 3 rings (SSSR count). The molecular formula is C19H17ClN2OU. The molecule has 0 fully saturated rings. The van der Waals surface area contributed by atoms with Crippen LogP contribution in [0.15, 0.2) is 42.5 Å². The fraction of sp³-hybridized carbons (Fsp3) is 0.211. The van der Waals surface area contributed by atoms with Crippen LogP contribution in [0, 0.1) is 43.2 Å². The first-order valence-electron chi connectivity index (χ1n) is 7.41. The Morgan fingerprint density at radius 2 is 1.96 bits per heavy atom. The third-order valence-electron chi connectivity index (χ3n) is 3.45. The monoisotopic (exact) mass is 562 g/mol. The molecule has 0 aliphatic carbocycles. The number of ether oxygens (including phenoxy) is 1. The van der Waals surface area contributed by atoms with Crippen LogP contribution < -0.4 is 4.74 Å². The summed E-state index contributed by atoms with van der Waals surface area (Å²) >= 11 is 6.30. The van der Waals surface area contributed by atoms with E-state index < -0.39 is 0 Å². The largest absolute Gasteiger partial charge is 2.00 e. The van der Waals surface area contributed by atoms with Gasteiger partial charge in [0.2, 0.25) is 0 Å². The maximum absolute atomic E-state index is 6.30. The van der Waals surface area contributed by atoms with Gasteiger partial charge in [-0.3, -0.25) is 0 Å². The van der Waals surface area contributed by atoms with Crippen molar-refractivity contribution in [2.75, 3.05) is 27.2 Å². The third-order valence-corrected chi connectivity index (χ3v) is 3.75. The van der Waals surface area contributed by atoms with Crippen molar-refractivity contribution in [3.8, 4) is 17.0 Å². The van der Waals surface area contributed by atoms with Crippen LogP contribution in [0.5, 0.6) is 5.75 Å². The van der Waals surface area contributed by atoms with Crippen molar-refractivity contribution >= 4 is 22.5 Å². The molecule has 0 saturated heterocycles. The van der Waals surface area contributed by atoms with E-state index in [4.69, 9.17) is 16.3 Å². The second kappa shape index (κ2) is 8.87. The van der Waals surface area contributed by atoms with E-state index in [0.717, 1.165) is 28.8 Å². The number of fused-ring (bicyclic) bond motifs is 1. The number of likely N-dealkylation sites (N-methyl/N-ethyl adjacent to an activating group) is 1. The quantitative estimate of drug-likeness (QED) is 0.438. The minimum atomic E-state index is 0. The predicted octanol–water partition coefficient (Wildman–Crippen LogP) is 4.10. The number of pyridine rings is 1. The molecule has 0 bridgehead atoms. The number of hydrogen-bond acceptors (Lipinski definition) is 3. The number of benzene rings is 2. The van der Waals surface area contributed by atoms with Gasteiger partial charge in [0, 0.05) is 17.8 Å². The molecule has 0 saturated carbocycles. The van der Waals surface area contributed by atoms with E-state index in [2.05, 4.69) is 22.0 Å². The number of nitrogens with zero attached hydrogens (tertiary/aromatic N) is 2. The number of aromatic nitrogens is 1. The summed E-state index contributed by atoms with van der Waals surface area (Å²) in [5.41, 5.74) is 2.39. The van der Waals surface area contributed by atoms with E-state index in [0.29, 0.717) is 17.3 Å². The van der Waals surface area contributed by atoms with Crippen molar-refractivity contribution in [1.82, 2.24) is 9.88 Å². The molecule has 0 spiro atoms. The standard InChI is InChI=1S/C19H17ClN2O.U/c1-22(2)11-12-23-15-9-7-14(8-10-15)19-13-17(20)16-5-3-4-6-18(16)21-19;/h3-7,9-10H,11-12H2,1-2H3;/q-2;+2. The molecular weight excluding hydrogens is 546 g/mol. The molecule has 2 aromatic carbocycles. The first kappa shape index (κ1) is 19.3. The van der Waals surface area contributed by atoms with Crippen LogP contribution in [0.25, 0.3) is 22.2 Å². The molecule has 0 unspecified atom stereocenters. The van der Waals surface area contributed by atoms with Gasteiger partial charge < -0.3 is 14.6 Å². The van der Waals surface area contributed by atoms with Crippen LogP contribution >= 0.6 is 11.6 Å². The van der Waals surface area contributed by atoms with Gasteiger partial charge >= 0.3 is 31.1 Å². The summed E-state index contributed by atoms with van der Waals surface area (Å²) in [5, 5.41) is 1.48. The van der Waals surface area contributed by atoms with Crippen LogP contribution in [-0.4, -0.2) is 37.1 Å². The Hall–Kier alpha value is -1.05. The van der Waals surface area contributed by atoms with Crippen molar-refractivity contribution in [1.29, 1.82) is 0 Å². The van der Waals surface area contributed by atoms with Crippen molar-refractivity contribution in [3.05, 3.63) is 59.6 Å². The van der Waals surface area contributed by atoms with Crippen LogP contribution in [-0.2, 0) is 0 Å². The van der Waals surface area contributed by atoms with Gasteiger partial charge in [0.05, 0.1) is 6.61 Å². The van der Waals surface area contributed by atoms with E-state index in [1.165, 1.54) is 0 Å². The molecule has 3 nitrogen and oxygen atoms in total. The average Bonchev–Trinajstić information content (AvgIpc) is 2.55. The Kier molecular flexibility index (Phi) is 7.13. The molecule has 120 valence electrons. The maximum Gasteiger partial charge on any atom is 2.00 e. The van der Waals surface area contributed by atoms with Crippen LogP contribution in [0.3, 0.4) is 0 Å². The van der Waals surface area contributed by atoms with Gasteiger partial charge in [-0.1, -0.05) is 22.5 Å². The average molecular weight is 563 g/mol. The Labute approximate surface area is 171 Å². The van der Waals surface area contributed by atoms with Gasteiger partial charge in [-0.15, -0.1) is 35.5 Å². The normalized spacial score (nSPS) is 10.7. The van der Waals surface area contributed by atoms with Crippen LogP contribution in [0.1, 0.15) is 0 Å². The molecule has 1 aromatic heterocycles. The van der Waals surface area contributed by atoms with Gasteiger partial charge in [0.15, 0.2) is 0 Å². The summed E-state index contributed by atoms with van der Waals surface area (Å²) in [5.74, 6) is 0.794. The van der Waals surface area contributed by atoms with Crippen molar-refractivity contribution in [2.45, 2.75) is 0 Å². The second-order valence-corrected chi connectivity index (χ2v) is 5.88. The molecule has 0 aliphatic heterocycles. The molecule has 1 heterocycles. The summed E-state index contributed by atoms with van der Waals surface area (Å²) in [6.45, 7) is 1.52. The number of hydrogen-bond donors (Lipinski definition) is 0. The topological polar surface area (TPSA) is 25.4 Å². The Morgan fingerprint density at radius 3 is 2.67 bits per heavy atom. The number of para-hydroxylation sites is 1. The van der Waals surface area contributed by atoms with E-state index in [-0.39, 0.29) is 31.1 Å². The smallest absolute Gasteiger partial charge is 0.536 e. The second-order valence-electron chi connectivity index (χ2n) is 5.51. The van der Waals surface area contributed by atoms with E-state index >= 15 is 0 Å². The summed E-state index contributed by atoms with van der Waals surface area (Å²) in [7, 11) is 4.03. The van der Waals surface area contributed by atoms with Crippen LogP contribution in [0.2, 0.25) is 5.02 Å². The summed E-state index contributed by atoms with van der Waals surface area (Å²) in [6, 6.07) is 19.7. The minimum absolute atomic E-state index is 0. The summed E-state index contributed by atoms with van der Waals surface area (Å²) < 4.78 is 5.67. The van der Waals surface area contributed by atoms with E-state index in [1.807, 2.05) is 56.6 Å². The Morgan fingerprint density at radius 1 is 1.17 bits per heavy atom. The van der Waals surface area contributed by atoms with Crippen molar-refractivity contribution < 1.29 is 35.9 Å². The van der Waals surface area contributed by atoms with E-state index in [1.54, 1.807) is 0 Å². The molecule has 0 aliphatic rings. The minimum Gasteiger partial charge on any atom is -0.536 e. The molecule has 0 atom stereocenters. The molecule has 0 amide bonds. The fourth-order valence-corrected chi connectivity index (χ4v) is 2.45. The molecule has 5 heteroatoms. The maximum atomic E-state index is 6.30. The van der Waals surface area contributed by atoms with Gasteiger partial charge in [0.25, 0.3) is 0 Å². The first-order chi connectivity index (χ1) is 11.1. The van der Waals surface area contributed by atoms with Gasteiger partial charge in [-0.05, 0) is 20.2 Å². The van der Waals surface area contributed by atoms with Gasteiger partial charge in [-0.25, -0.2) is 11.6 Å². The molecule has 0 N–H and O–H groups in total. The third kappa shape index (κ3) is 4.74. The Balaban J connectivity index is 0.00000208. The van der Waals surface area contributed by atoms with Crippen molar-refractivity contribution in [2.24, 2.45) is 0 Å². The first-order valence-corrected chi connectivity index (χ1v) is 7.78. The summed E-state index contributed by atoms with van der Waals surface area (Å²) in [6.07, 6.45) is 0. The Bertz CT molecular complexity index is 806. The van der Waals surface area contributed by atoms with Crippen molar-refractivity contribution in [3.63, 3.8) is 0 Å². The zero-order chi connectivity index (χ0) is 16.2. The zero-order valence-corrected chi connectivity index (χ0v) is 18.6. The number of halogens is 1. The molecule has 24 heavy (non-hydrogen) atoms. The molecule has 3 aromatic rings. The summed E-state index contributed by atoms with van der Waals surface area (Å²) in [4.78, 5) is 6.68. The zero-order valence-electron chi connectivity index (χ0n) is 13.6. The SMILES string of the molecule is CN(C)CCOc1c[c-]c(-c2[c-]c(Cl)c3ccccc3n2)cc1.[U+2]. The molecule has 0 radical (unpaired) electrons. The fourth-order valence-electron chi connectivity index (χ4n) is 2.20.